The zero-order valence-corrected chi connectivity index (χ0v) is 31.5. The Morgan fingerprint density at radius 1 is 0.397 bits per heavy atom. The number of hydrogen-bond donors (Lipinski definition) is 0. The van der Waals surface area contributed by atoms with Crippen LogP contribution in [0.15, 0.2) is 179 Å². The second-order valence-corrected chi connectivity index (χ2v) is 15.8. The Labute approximate surface area is 333 Å². The second-order valence-electron chi connectivity index (χ2n) is 14.7. The van der Waals surface area contributed by atoms with Gasteiger partial charge < -0.3 is 13.4 Å². The van der Waals surface area contributed by atoms with Gasteiger partial charge in [0.25, 0.3) is 0 Å². The molecule has 0 N–H and O–H groups in total. The molecule has 0 radical (unpaired) electrons. The van der Waals surface area contributed by atoms with Gasteiger partial charge in [0, 0.05) is 63.8 Å². The molecule has 0 aliphatic rings. The lowest BCUT2D eigenvalue weighted by Gasteiger charge is -2.13. The average Bonchev–Trinajstić information content (AvgIpc) is 4.05. The van der Waals surface area contributed by atoms with Crippen LogP contribution in [0.25, 0.3) is 126 Å². The molecule has 0 aliphatic carbocycles. The van der Waals surface area contributed by atoms with E-state index >= 15 is 0 Å². The third-order valence-electron chi connectivity index (χ3n) is 11.4. The van der Waals surface area contributed by atoms with Gasteiger partial charge in [-0.15, -0.1) is 11.3 Å². The molecule has 0 amide bonds. The maximum absolute atomic E-state index is 6.72. The van der Waals surface area contributed by atoms with Crippen LogP contribution in [-0.4, -0.2) is 19.5 Å². The smallest absolute Gasteiger partial charge is 0.164 e. The Bertz CT molecular complexity index is 3820. The van der Waals surface area contributed by atoms with Crippen molar-refractivity contribution >= 4 is 97.2 Å². The van der Waals surface area contributed by atoms with Gasteiger partial charge in [-0.3, -0.25) is 0 Å². The van der Waals surface area contributed by atoms with E-state index in [1.54, 1.807) is 0 Å². The highest BCUT2D eigenvalue weighted by Gasteiger charge is 2.24. The van der Waals surface area contributed by atoms with Crippen LogP contribution in [-0.2, 0) is 0 Å². The van der Waals surface area contributed by atoms with E-state index in [9.17, 15) is 0 Å². The van der Waals surface area contributed by atoms with E-state index < -0.39 is 0 Å². The van der Waals surface area contributed by atoms with Crippen molar-refractivity contribution in [3.05, 3.63) is 170 Å². The van der Waals surface area contributed by atoms with Crippen molar-refractivity contribution in [1.29, 1.82) is 0 Å². The van der Waals surface area contributed by atoms with Gasteiger partial charge in [-0.2, -0.15) is 0 Å². The Morgan fingerprint density at radius 3 is 1.86 bits per heavy atom. The van der Waals surface area contributed by atoms with Crippen LogP contribution < -0.4 is 0 Å². The lowest BCUT2D eigenvalue weighted by atomic mass is 10.0. The van der Waals surface area contributed by atoms with E-state index in [4.69, 9.17) is 23.8 Å². The number of nitrogens with zero attached hydrogens (tertiary/aromatic N) is 4. The Balaban J connectivity index is 1.13. The molecular weight excluding hydrogens is 733 g/mol. The highest BCUT2D eigenvalue weighted by atomic mass is 32.1. The van der Waals surface area contributed by atoms with Crippen molar-refractivity contribution in [1.82, 2.24) is 19.5 Å². The minimum absolute atomic E-state index is 0.546. The van der Waals surface area contributed by atoms with Crippen molar-refractivity contribution in [3.63, 3.8) is 0 Å². The van der Waals surface area contributed by atoms with Crippen LogP contribution >= 0.6 is 11.3 Å². The van der Waals surface area contributed by atoms with E-state index in [1.165, 1.54) is 30.9 Å². The number of furan rings is 2. The third kappa shape index (κ3) is 4.50. The van der Waals surface area contributed by atoms with Crippen LogP contribution in [0.3, 0.4) is 0 Å². The van der Waals surface area contributed by atoms with Crippen molar-refractivity contribution < 1.29 is 8.83 Å². The van der Waals surface area contributed by atoms with Crippen LogP contribution in [0.1, 0.15) is 0 Å². The summed E-state index contributed by atoms with van der Waals surface area (Å²) in [6.45, 7) is 0. The molecule has 0 unspecified atom stereocenters. The number of benzene rings is 8. The molecule has 0 atom stereocenters. The third-order valence-corrected chi connectivity index (χ3v) is 12.7. The first-order chi connectivity index (χ1) is 28.7. The molecule has 0 spiro atoms. The first-order valence-corrected chi connectivity index (χ1v) is 20.1. The number of aromatic nitrogens is 4. The molecule has 6 nitrogen and oxygen atoms in total. The van der Waals surface area contributed by atoms with E-state index in [1.807, 2.05) is 84.1 Å². The largest absolute Gasteiger partial charge is 0.456 e. The number of rotatable bonds is 4. The van der Waals surface area contributed by atoms with E-state index in [2.05, 4.69) is 102 Å². The summed E-state index contributed by atoms with van der Waals surface area (Å²) in [6.07, 6.45) is 0. The molecule has 7 heteroatoms. The number of thiophene rings is 1. The summed E-state index contributed by atoms with van der Waals surface area (Å²) < 4.78 is 18.0. The number of hydrogen-bond acceptors (Lipinski definition) is 6. The zero-order chi connectivity index (χ0) is 37.9. The molecule has 58 heavy (non-hydrogen) atoms. The standard InChI is InChI=1S/C51H28N4O2S/c1-2-13-29(14-3-1)49-52-50(54-51(53-49)36-19-12-23-42-45(36)34-17-5-9-21-40(34)56-42)30-27-39(46-35-18-6-10-22-41(35)57-43(46)28-30)55-37-20-8-4-16-33(37)47-38(55)26-25-32-31-15-7-11-24-44(31)58-48(32)47/h1-28H. The van der Waals surface area contributed by atoms with Gasteiger partial charge in [-0.25, -0.2) is 15.0 Å². The fraction of sp³-hybridized carbons (Fsp3) is 0. The normalized spacial score (nSPS) is 12.1. The first-order valence-electron chi connectivity index (χ1n) is 19.3. The fourth-order valence-corrected chi connectivity index (χ4v) is 10.2. The Morgan fingerprint density at radius 2 is 1.03 bits per heavy atom. The minimum Gasteiger partial charge on any atom is -0.456 e. The zero-order valence-electron chi connectivity index (χ0n) is 30.7. The van der Waals surface area contributed by atoms with Gasteiger partial charge in [0.2, 0.25) is 0 Å². The predicted molar refractivity (Wildman–Crippen MR) is 238 cm³/mol. The monoisotopic (exact) mass is 760 g/mol. The molecule has 0 saturated heterocycles. The summed E-state index contributed by atoms with van der Waals surface area (Å²) in [5.41, 5.74) is 9.02. The maximum atomic E-state index is 6.72. The summed E-state index contributed by atoms with van der Waals surface area (Å²) in [4.78, 5) is 15.6. The second kappa shape index (κ2) is 11.9. The summed E-state index contributed by atoms with van der Waals surface area (Å²) in [5.74, 6) is 1.70. The van der Waals surface area contributed by atoms with Gasteiger partial charge in [0.1, 0.15) is 22.3 Å². The van der Waals surface area contributed by atoms with Crippen LogP contribution in [0.2, 0.25) is 0 Å². The predicted octanol–water partition coefficient (Wildman–Crippen LogP) is 14.1. The topological polar surface area (TPSA) is 69.9 Å². The molecule has 0 bridgehead atoms. The van der Waals surface area contributed by atoms with Gasteiger partial charge in [0.05, 0.1) is 22.1 Å². The van der Waals surface area contributed by atoms with Crippen molar-refractivity contribution in [2.75, 3.05) is 0 Å². The molecule has 13 aromatic rings. The lowest BCUT2D eigenvalue weighted by Crippen LogP contribution is -2.02. The Hall–Kier alpha value is -7.61. The van der Waals surface area contributed by atoms with Gasteiger partial charge >= 0.3 is 0 Å². The lowest BCUT2D eigenvalue weighted by molar-refractivity contribution is 0.668. The molecule has 13 rings (SSSR count). The van der Waals surface area contributed by atoms with Crippen molar-refractivity contribution in [3.8, 4) is 39.9 Å². The maximum Gasteiger partial charge on any atom is 0.164 e. The van der Waals surface area contributed by atoms with Crippen molar-refractivity contribution in [2.45, 2.75) is 0 Å². The molecule has 0 fully saturated rings. The highest BCUT2D eigenvalue weighted by molar-refractivity contribution is 7.26. The highest BCUT2D eigenvalue weighted by Crippen LogP contribution is 2.46. The minimum atomic E-state index is 0.546. The summed E-state index contributed by atoms with van der Waals surface area (Å²) in [6, 6.07) is 58.9. The van der Waals surface area contributed by atoms with Crippen LogP contribution in [0, 0.1) is 0 Å². The summed E-state index contributed by atoms with van der Waals surface area (Å²) in [7, 11) is 0. The SMILES string of the molecule is c1ccc(-c2nc(-c3cc(-n4c5ccccc5c5c6sc7ccccc7c6ccc54)c4c(c3)oc3ccccc34)nc(-c3cccc4oc5ccccc5c34)n2)cc1. The van der Waals surface area contributed by atoms with Crippen molar-refractivity contribution in [2.24, 2.45) is 0 Å². The molecule has 5 aromatic heterocycles. The molecule has 0 saturated carbocycles. The molecular formula is C51H28N4O2S. The number of para-hydroxylation sites is 3. The first kappa shape index (κ1) is 31.6. The Kier molecular flexibility index (Phi) is 6.50. The summed E-state index contributed by atoms with van der Waals surface area (Å²) in [5, 5.41) is 9.08. The van der Waals surface area contributed by atoms with Gasteiger partial charge in [-0.05, 0) is 48.5 Å². The summed E-state index contributed by atoms with van der Waals surface area (Å²) >= 11 is 1.86. The van der Waals surface area contributed by atoms with Crippen LogP contribution in [0.5, 0.6) is 0 Å². The van der Waals surface area contributed by atoms with E-state index in [-0.39, 0.29) is 0 Å². The van der Waals surface area contributed by atoms with E-state index in [0.717, 1.165) is 77.3 Å². The van der Waals surface area contributed by atoms with Gasteiger partial charge in [-0.1, -0.05) is 121 Å². The quantitative estimate of drug-likeness (QED) is 0.179. The molecule has 0 aliphatic heterocycles. The molecule has 8 aromatic carbocycles. The fourth-order valence-electron chi connectivity index (χ4n) is 8.94. The van der Waals surface area contributed by atoms with Gasteiger partial charge in [0.15, 0.2) is 17.5 Å². The van der Waals surface area contributed by atoms with E-state index in [0.29, 0.717) is 17.5 Å². The number of fused-ring (bicyclic) bond motifs is 13. The molecule has 270 valence electrons. The van der Waals surface area contributed by atoms with Crippen LogP contribution in [0.4, 0.5) is 0 Å². The molecule has 5 heterocycles. The average molecular weight is 761 g/mol.